The van der Waals surface area contributed by atoms with E-state index in [1.54, 1.807) is 30.3 Å². The molecule has 2 rings (SSSR count). The minimum atomic E-state index is -1.49. The van der Waals surface area contributed by atoms with Crippen molar-refractivity contribution < 1.29 is 19.6 Å². The quantitative estimate of drug-likeness (QED) is 0.517. The number of hydrogen-bond donors (Lipinski definition) is 1. The predicted octanol–water partition coefficient (Wildman–Crippen LogP) is 2.72. The summed E-state index contributed by atoms with van der Waals surface area (Å²) in [7, 11) is 0. The summed E-state index contributed by atoms with van der Waals surface area (Å²) in [4.78, 5) is 33.6. The maximum Gasteiger partial charge on any atom is 0.343 e. The normalized spacial score (nSPS) is 10.1. The number of carbonyl (C=O) groups is 2. The average Bonchev–Trinajstić information content (AvgIpc) is 2.47. The van der Waals surface area contributed by atoms with Crippen molar-refractivity contribution in [2.75, 3.05) is 0 Å². The highest BCUT2D eigenvalue weighted by Crippen LogP contribution is 2.23. The van der Waals surface area contributed by atoms with Crippen LogP contribution in [0.25, 0.3) is 0 Å². The van der Waals surface area contributed by atoms with Gasteiger partial charge in [-0.1, -0.05) is 42.5 Å². The van der Waals surface area contributed by atoms with E-state index in [9.17, 15) is 19.7 Å². The summed E-state index contributed by atoms with van der Waals surface area (Å²) >= 11 is 0. The van der Waals surface area contributed by atoms with Gasteiger partial charge in [0.1, 0.15) is 5.56 Å². The Morgan fingerprint density at radius 1 is 1.05 bits per heavy atom. The van der Waals surface area contributed by atoms with Gasteiger partial charge >= 0.3 is 5.97 Å². The number of Topliss-reactive ketones (excluding diaryl/α,β-unsaturated/α-hetero) is 1. The van der Waals surface area contributed by atoms with Crippen LogP contribution in [-0.2, 0) is 6.42 Å². The molecule has 0 atom stereocenters. The third-order valence-corrected chi connectivity index (χ3v) is 2.96. The number of benzene rings is 2. The Morgan fingerprint density at radius 3 is 2.29 bits per heavy atom. The number of hydrogen-bond acceptors (Lipinski definition) is 4. The van der Waals surface area contributed by atoms with E-state index in [1.807, 2.05) is 0 Å². The van der Waals surface area contributed by atoms with Crippen molar-refractivity contribution in [2.24, 2.45) is 0 Å². The summed E-state index contributed by atoms with van der Waals surface area (Å²) in [5.41, 5.74) is -0.587. The zero-order chi connectivity index (χ0) is 15.4. The molecule has 0 heterocycles. The molecule has 0 aliphatic carbocycles. The molecule has 21 heavy (non-hydrogen) atoms. The topological polar surface area (TPSA) is 97.5 Å². The summed E-state index contributed by atoms with van der Waals surface area (Å²) in [6, 6.07) is 12.4. The summed E-state index contributed by atoms with van der Waals surface area (Å²) < 4.78 is 0. The highest BCUT2D eigenvalue weighted by Gasteiger charge is 2.26. The van der Waals surface area contributed by atoms with Gasteiger partial charge in [0, 0.05) is 18.1 Å². The molecule has 0 amide bonds. The fourth-order valence-electron chi connectivity index (χ4n) is 2.03. The van der Waals surface area contributed by atoms with E-state index in [4.69, 9.17) is 5.11 Å². The third-order valence-electron chi connectivity index (χ3n) is 2.96. The van der Waals surface area contributed by atoms with Gasteiger partial charge in [-0.3, -0.25) is 14.9 Å². The van der Waals surface area contributed by atoms with Crippen molar-refractivity contribution in [2.45, 2.75) is 6.42 Å². The molecule has 106 valence electrons. The number of ketones is 1. The molecule has 6 nitrogen and oxygen atoms in total. The minimum absolute atomic E-state index is 0.0116. The number of carboxylic acids is 1. The van der Waals surface area contributed by atoms with Gasteiger partial charge in [0.05, 0.1) is 4.92 Å². The van der Waals surface area contributed by atoms with Crippen LogP contribution in [0.2, 0.25) is 0 Å². The van der Waals surface area contributed by atoms with Gasteiger partial charge in [-0.15, -0.1) is 0 Å². The number of nitro benzene ring substituents is 1. The molecule has 1 N–H and O–H groups in total. The van der Waals surface area contributed by atoms with E-state index in [0.29, 0.717) is 5.56 Å². The van der Waals surface area contributed by atoms with Crippen molar-refractivity contribution >= 4 is 17.4 Å². The number of carboxylic acid groups (broad SMARTS) is 1. The Bertz CT molecular complexity index is 709. The van der Waals surface area contributed by atoms with Crippen molar-refractivity contribution in [3.05, 3.63) is 75.3 Å². The fraction of sp³-hybridized carbons (Fsp3) is 0.0667. The molecule has 0 aliphatic rings. The Kier molecular flexibility index (Phi) is 4.08. The lowest BCUT2D eigenvalue weighted by atomic mass is 9.97. The molecule has 0 bridgehead atoms. The molecule has 2 aromatic carbocycles. The number of nitro groups is 1. The molecule has 0 unspecified atom stereocenters. The molecule has 0 spiro atoms. The first-order valence-electron chi connectivity index (χ1n) is 6.08. The second-order valence-corrected chi connectivity index (χ2v) is 4.35. The van der Waals surface area contributed by atoms with Crippen LogP contribution in [0.4, 0.5) is 5.69 Å². The molecule has 0 aliphatic heterocycles. The van der Waals surface area contributed by atoms with E-state index in [1.165, 1.54) is 12.1 Å². The highest BCUT2D eigenvalue weighted by molar-refractivity contribution is 6.08. The number of aromatic carboxylic acids is 1. The summed E-state index contributed by atoms with van der Waals surface area (Å²) in [6.45, 7) is 0. The van der Waals surface area contributed by atoms with E-state index in [2.05, 4.69) is 0 Å². The monoisotopic (exact) mass is 285 g/mol. The largest absolute Gasteiger partial charge is 0.477 e. The van der Waals surface area contributed by atoms with Crippen LogP contribution >= 0.6 is 0 Å². The second kappa shape index (κ2) is 5.96. The second-order valence-electron chi connectivity index (χ2n) is 4.35. The smallest absolute Gasteiger partial charge is 0.343 e. The number of rotatable bonds is 5. The average molecular weight is 285 g/mol. The van der Waals surface area contributed by atoms with Gasteiger partial charge in [0.15, 0.2) is 5.78 Å². The van der Waals surface area contributed by atoms with E-state index < -0.39 is 27.9 Å². The van der Waals surface area contributed by atoms with Gasteiger partial charge < -0.3 is 5.11 Å². The molecule has 6 heteroatoms. The van der Waals surface area contributed by atoms with Crippen LogP contribution in [0.5, 0.6) is 0 Å². The maximum atomic E-state index is 12.2. The van der Waals surface area contributed by atoms with Gasteiger partial charge in [0.25, 0.3) is 5.69 Å². The molecule has 2 aromatic rings. The molecule has 0 saturated carbocycles. The first-order valence-corrected chi connectivity index (χ1v) is 6.08. The first-order chi connectivity index (χ1) is 10.0. The number of nitrogens with zero attached hydrogens (tertiary/aromatic N) is 1. The molecular weight excluding hydrogens is 274 g/mol. The van der Waals surface area contributed by atoms with Crippen molar-refractivity contribution in [3.8, 4) is 0 Å². The van der Waals surface area contributed by atoms with Crippen molar-refractivity contribution in [1.82, 2.24) is 0 Å². The van der Waals surface area contributed by atoms with E-state index in [0.717, 1.165) is 6.07 Å². The standard InChI is InChI=1S/C15H11NO5/c17-13(9-10-5-2-1-3-6-10)11-7-4-8-12(16(20)21)14(11)15(18)19/h1-8H,9H2,(H,18,19). The third kappa shape index (κ3) is 3.11. The molecule has 0 radical (unpaired) electrons. The zero-order valence-electron chi connectivity index (χ0n) is 10.9. The maximum absolute atomic E-state index is 12.2. The van der Waals surface area contributed by atoms with Gasteiger partial charge in [-0.2, -0.15) is 0 Å². The molecule has 0 fully saturated rings. The Balaban J connectivity index is 2.44. The highest BCUT2D eigenvalue weighted by atomic mass is 16.6. The Hall–Kier alpha value is -3.02. The SMILES string of the molecule is O=C(Cc1ccccc1)c1cccc([N+](=O)[O-])c1C(=O)O. The molecule has 0 saturated heterocycles. The van der Waals surface area contributed by atoms with Crippen LogP contribution in [0.3, 0.4) is 0 Å². The first kappa shape index (κ1) is 14.4. The van der Waals surface area contributed by atoms with E-state index in [-0.39, 0.29) is 12.0 Å². The van der Waals surface area contributed by atoms with Crippen molar-refractivity contribution in [3.63, 3.8) is 0 Å². The van der Waals surface area contributed by atoms with Gasteiger partial charge in [-0.05, 0) is 5.56 Å². The van der Waals surface area contributed by atoms with Gasteiger partial charge in [0.2, 0.25) is 0 Å². The summed E-state index contributed by atoms with van der Waals surface area (Å²) in [5, 5.41) is 20.0. The number of carbonyl (C=O) groups excluding carboxylic acids is 1. The van der Waals surface area contributed by atoms with E-state index >= 15 is 0 Å². The Labute approximate surface area is 119 Å². The van der Waals surface area contributed by atoms with Crippen LogP contribution < -0.4 is 0 Å². The zero-order valence-corrected chi connectivity index (χ0v) is 10.9. The lowest BCUT2D eigenvalue weighted by molar-refractivity contribution is -0.385. The predicted molar refractivity (Wildman–Crippen MR) is 74.5 cm³/mol. The summed E-state index contributed by atoms with van der Waals surface area (Å²) in [6.07, 6.45) is -0.0116. The molecular formula is C15H11NO5. The van der Waals surface area contributed by atoms with Crippen LogP contribution in [-0.4, -0.2) is 21.8 Å². The van der Waals surface area contributed by atoms with Crippen LogP contribution in [0.1, 0.15) is 26.3 Å². The lowest BCUT2D eigenvalue weighted by Gasteiger charge is -2.06. The minimum Gasteiger partial charge on any atom is -0.477 e. The van der Waals surface area contributed by atoms with Gasteiger partial charge in [-0.25, -0.2) is 4.79 Å². The summed E-state index contributed by atoms with van der Waals surface area (Å²) in [5.74, 6) is -1.96. The fourth-order valence-corrected chi connectivity index (χ4v) is 2.03. The van der Waals surface area contributed by atoms with Crippen LogP contribution in [0.15, 0.2) is 48.5 Å². The lowest BCUT2D eigenvalue weighted by Crippen LogP contribution is -2.13. The van der Waals surface area contributed by atoms with Crippen molar-refractivity contribution in [1.29, 1.82) is 0 Å². The van der Waals surface area contributed by atoms with Crippen LogP contribution in [0, 0.1) is 10.1 Å². The Morgan fingerprint density at radius 2 is 1.71 bits per heavy atom. The molecule has 0 aromatic heterocycles.